The van der Waals surface area contributed by atoms with Crippen LogP contribution >= 0.6 is 0 Å². The number of Topliss-reactive ketones (excluding diaryl/α,β-unsaturated/α-hetero) is 1. The van der Waals surface area contributed by atoms with Crippen molar-refractivity contribution in [1.82, 2.24) is 0 Å². The van der Waals surface area contributed by atoms with Crippen LogP contribution < -0.4 is 10.5 Å². The molecule has 0 spiro atoms. The molecule has 0 aromatic heterocycles. The number of rotatable bonds is 4. The third kappa shape index (κ3) is 3.09. The molecule has 0 saturated heterocycles. The molecule has 0 radical (unpaired) electrons. The molecule has 80 valence electrons. The molecule has 1 aromatic carbocycles. The maximum absolute atomic E-state index is 11.0. The molecule has 1 aromatic rings. The van der Waals surface area contributed by atoms with E-state index in [1.165, 1.54) is 6.92 Å². The minimum atomic E-state index is -0.673. The van der Waals surface area contributed by atoms with Gasteiger partial charge in [-0.1, -0.05) is 0 Å². The van der Waals surface area contributed by atoms with E-state index in [1.807, 2.05) is 0 Å². The average Bonchev–Trinajstić information content (AvgIpc) is 2.18. The number of primary amides is 1. The second-order valence-corrected chi connectivity index (χ2v) is 3.24. The lowest BCUT2D eigenvalue weighted by atomic mass is 10.1. The monoisotopic (exact) mass is 207 g/mol. The SMILES string of the molecule is CC(=O)c1ccc(OC(C)C(N)=O)cc1. The number of carbonyl (C=O) groups excluding carboxylic acids is 2. The smallest absolute Gasteiger partial charge is 0.258 e. The molecule has 0 aliphatic carbocycles. The highest BCUT2D eigenvalue weighted by Crippen LogP contribution is 2.14. The molecule has 4 heteroatoms. The lowest BCUT2D eigenvalue weighted by molar-refractivity contribution is -0.123. The fourth-order valence-electron chi connectivity index (χ4n) is 1.03. The lowest BCUT2D eigenvalue weighted by Crippen LogP contribution is -2.30. The molecule has 0 aliphatic heterocycles. The number of nitrogens with two attached hydrogens (primary N) is 1. The second kappa shape index (κ2) is 4.59. The van der Waals surface area contributed by atoms with Gasteiger partial charge >= 0.3 is 0 Å². The minimum Gasteiger partial charge on any atom is -0.481 e. The first-order valence-electron chi connectivity index (χ1n) is 4.57. The summed E-state index contributed by atoms with van der Waals surface area (Å²) in [6.45, 7) is 3.06. The number of ether oxygens (including phenoxy) is 1. The Morgan fingerprint density at radius 2 is 1.80 bits per heavy atom. The molecule has 0 heterocycles. The molecule has 0 bridgehead atoms. The topological polar surface area (TPSA) is 69.4 Å². The van der Waals surface area contributed by atoms with E-state index >= 15 is 0 Å². The Bertz CT molecular complexity index is 370. The summed E-state index contributed by atoms with van der Waals surface area (Å²) < 4.78 is 5.22. The minimum absolute atomic E-state index is 0.00972. The molecule has 1 unspecified atom stereocenters. The third-order valence-corrected chi connectivity index (χ3v) is 1.97. The van der Waals surface area contributed by atoms with Gasteiger partial charge in [0.15, 0.2) is 11.9 Å². The standard InChI is InChI=1S/C11H13NO3/c1-7(13)9-3-5-10(6-4-9)15-8(2)11(12)14/h3-6,8H,1-2H3,(H2,12,14). The van der Waals surface area contributed by atoms with E-state index < -0.39 is 12.0 Å². The number of amides is 1. The Kier molecular flexibility index (Phi) is 3.44. The van der Waals surface area contributed by atoms with Crippen molar-refractivity contribution in [2.45, 2.75) is 20.0 Å². The van der Waals surface area contributed by atoms with Crippen LogP contribution in [0.4, 0.5) is 0 Å². The van der Waals surface area contributed by atoms with Crippen LogP contribution in [0.2, 0.25) is 0 Å². The second-order valence-electron chi connectivity index (χ2n) is 3.24. The van der Waals surface area contributed by atoms with Gasteiger partial charge in [0.05, 0.1) is 0 Å². The molecule has 0 fully saturated rings. The van der Waals surface area contributed by atoms with Gasteiger partial charge < -0.3 is 10.5 Å². The van der Waals surface area contributed by atoms with Crippen molar-refractivity contribution in [2.75, 3.05) is 0 Å². The fraction of sp³-hybridized carbons (Fsp3) is 0.273. The van der Waals surface area contributed by atoms with Crippen LogP contribution in [-0.2, 0) is 4.79 Å². The number of ketones is 1. The first-order valence-corrected chi connectivity index (χ1v) is 4.57. The highest BCUT2D eigenvalue weighted by Gasteiger charge is 2.09. The highest BCUT2D eigenvalue weighted by atomic mass is 16.5. The maximum Gasteiger partial charge on any atom is 0.258 e. The van der Waals surface area contributed by atoms with Crippen LogP contribution in [0.3, 0.4) is 0 Å². The van der Waals surface area contributed by atoms with Gasteiger partial charge in [0.2, 0.25) is 0 Å². The largest absolute Gasteiger partial charge is 0.481 e. The van der Waals surface area contributed by atoms with Crippen LogP contribution in [0.5, 0.6) is 5.75 Å². The normalized spacial score (nSPS) is 11.9. The molecule has 4 nitrogen and oxygen atoms in total. The summed E-state index contributed by atoms with van der Waals surface area (Å²) in [7, 11) is 0. The van der Waals surface area contributed by atoms with E-state index in [9.17, 15) is 9.59 Å². The van der Waals surface area contributed by atoms with Crippen molar-refractivity contribution < 1.29 is 14.3 Å². The summed E-state index contributed by atoms with van der Waals surface area (Å²) >= 11 is 0. The highest BCUT2D eigenvalue weighted by molar-refractivity contribution is 5.94. The molecule has 1 amide bonds. The maximum atomic E-state index is 11.0. The Labute approximate surface area is 88.0 Å². The fourth-order valence-corrected chi connectivity index (χ4v) is 1.03. The van der Waals surface area contributed by atoms with Crippen molar-refractivity contribution in [3.05, 3.63) is 29.8 Å². The summed E-state index contributed by atoms with van der Waals surface area (Å²) in [5, 5.41) is 0. The van der Waals surface area contributed by atoms with Crippen molar-refractivity contribution in [1.29, 1.82) is 0 Å². The van der Waals surface area contributed by atoms with Gasteiger partial charge in [-0.2, -0.15) is 0 Å². The van der Waals surface area contributed by atoms with E-state index in [4.69, 9.17) is 10.5 Å². The van der Waals surface area contributed by atoms with Gasteiger partial charge in [-0.25, -0.2) is 0 Å². The summed E-state index contributed by atoms with van der Waals surface area (Å²) in [4.78, 5) is 21.7. The average molecular weight is 207 g/mol. The van der Waals surface area contributed by atoms with E-state index in [0.29, 0.717) is 11.3 Å². The van der Waals surface area contributed by atoms with Gasteiger partial charge in [-0.3, -0.25) is 9.59 Å². The number of hydrogen-bond acceptors (Lipinski definition) is 3. The Balaban J connectivity index is 2.72. The zero-order valence-electron chi connectivity index (χ0n) is 8.69. The van der Waals surface area contributed by atoms with Crippen LogP contribution in [0.15, 0.2) is 24.3 Å². The van der Waals surface area contributed by atoms with Crippen LogP contribution in [0.25, 0.3) is 0 Å². The molecule has 15 heavy (non-hydrogen) atoms. The van der Waals surface area contributed by atoms with Crippen molar-refractivity contribution >= 4 is 11.7 Å². The first-order chi connectivity index (χ1) is 7.00. The predicted molar refractivity (Wildman–Crippen MR) is 55.7 cm³/mol. The third-order valence-electron chi connectivity index (χ3n) is 1.97. The van der Waals surface area contributed by atoms with Crippen LogP contribution in [0.1, 0.15) is 24.2 Å². The number of hydrogen-bond donors (Lipinski definition) is 1. The summed E-state index contributed by atoms with van der Waals surface area (Å²) in [6, 6.07) is 6.56. The summed E-state index contributed by atoms with van der Waals surface area (Å²) in [5.41, 5.74) is 5.65. The molecule has 0 aliphatic rings. The molecule has 1 rings (SSSR count). The van der Waals surface area contributed by atoms with Crippen molar-refractivity contribution in [3.8, 4) is 5.75 Å². The Hall–Kier alpha value is -1.84. The lowest BCUT2D eigenvalue weighted by Gasteiger charge is -2.10. The van der Waals surface area contributed by atoms with Crippen LogP contribution in [-0.4, -0.2) is 17.8 Å². The van der Waals surface area contributed by atoms with Gasteiger partial charge in [-0.15, -0.1) is 0 Å². The van der Waals surface area contributed by atoms with Gasteiger partial charge in [0.1, 0.15) is 5.75 Å². The van der Waals surface area contributed by atoms with E-state index in [2.05, 4.69) is 0 Å². The quantitative estimate of drug-likeness (QED) is 0.753. The molecule has 0 saturated carbocycles. The molecule has 2 N–H and O–H groups in total. The zero-order chi connectivity index (χ0) is 11.4. The van der Waals surface area contributed by atoms with Gasteiger partial charge in [-0.05, 0) is 38.1 Å². The molecular weight excluding hydrogens is 194 g/mol. The number of carbonyl (C=O) groups is 2. The van der Waals surface area contributed by atoms with Gasteiger partial charge in [0, 0.05) is 5.56 Å². The van der Waals surface area contributed by atoms with Crippen molar-refractivity contribution in [3.63, 3.8) is 0 Å². The van der Waals surface area contributed by atoms with E-state index in [0.717, 1.165) is 0 Å². The van der Waals surface area contributed by atoms with E-state index in [1.54, 1.807) is 31.2 Å². The molecular formula is C11H13NO3. The van der Waals surface area contributed by atoms with E-state index in [-0.39, 0.29) is 5.78 Å². The van der Waals surface area contributed by atoms with Crippen molar-refractivity contribution in [2.24, 2.45) is 5.73 Å². The van der Waals surface area contributed by atoms with Crippen LogP contribution in [0, 0.1) is 0 Å². The molecule has 1 atom stereocenters. The predicted octanol–water partition coefficient (Wildman–Crippen LogP) is 1.14. The van der Waals surface area contributed by atoms with Gasteiger partial charge in [0.25, 0.3) is 5.91 Å². The Morgan fingerprint density at radius 3 is 2.20 bits per heavy atom. The zero-order valence-corrected chi connectivity index (χ0v) is 8.69. The summed E-state index contributed by atoms with van der Waals surface area (Å²) in [6.07, 6.45) is -0.673. The summed E-state index contributed by atoms with van der Waals surface area (Å²) in [5.74, 6) is -0.0126. The number of benzene rings is 1. The Morgan fingerprint density at radius 1 is 1.27 bits per heavy atom. The first kappa shape index (κ1) is 11.2.